The van der Waals surface area contributed by atoms with E-state index in [-0.39, 0.29) is 30.3 Å². The highest BCUT2D eigenvalue weighted by Gasteiger charge is 2.39. The third-order valence-electron chi connectivity index (χ3n) is 3.14. The normalized spacial score (nSPS) is 17.9. The van der Waals surface area contributed by atoms with Crippen molar-refractivity contribution in [2.45, 2.75) is 6.92 Å². The number of aliphatic hydroxyl groups is 1. The molecule has 1 aliphatic rings. The first-order valence-electron chi connectivity index (χ1n) is 5.97. The van der Waals surface area contributed by atoms with E-state index in [4.69, 9.17) is 15.3 Å². The topological polar surface area (TPSA) is 77.1 Å². The molecule has 19 heavy (non-hydrogen) atoms. The number of oxime groups is 1. The predicted octanol–water partition coefficient (Wildman–Crippen LogP) is 0.780. The number of aliphatic hydroxyl groups excluding tert-OH is 1. The molecular weight excluding hydrogens is 251 g/mol. The van der Waals surface area contributed by atoms with Crippen molar-refractivity contribution in [3.8, 4) is 0 Å². The summed E-state index contributed by atoms with van der Waals surface area (Å²) in [6, 6.07) is 4.48. The van der Waals surface area contributed by atoms with E-state index in [0.717, 1.165) is 0 Å². The van der Waals surface area contributed by atoms with Crippen molar-refractivity contribution in [2.24, 2.45) is 16.3 Å². The van der Waals surface area contributed by atoms with Crippen LogP contribution in [0.1, 0.15) is 11.1 Å². The van der Waals surface area contributed by atoms with Crippen LogP contribution in [0, 0.1) is 18.2 Å². The van der Waals surface area contributed by atoms with Gasteiger partial charge in [-0.1, -0.05) is 5.16 Å². The zero-order chi connectivity index (χ0) is 13.9. The molecule has 0 bridgehead atoms. The smallest absolute Gasteiger partial charge is 0.170 e. The van der Waals surface area contributed by atoms with Gasteiger partial charge in [0.25, 0.3) is 0 Å². The van der Waals surface area contributed by atoms with Crippen LogP contribution in [0.3, 0.4) is 0 Å². The van der Waals surface area contributed by atoms with E-state index in [1.165, 1.54) is 6.07 Å². The van der Waals surface area contributed by atoms with Gasteiger partial charge < -0.3 is 20.4 Å². The second kappa shape index (κ2) is 5.54. The molecule has 1 aromatic carbocycles. The largest absolute Gasteiger partial charge is 0.395 e. The maximum atomic E-state index is 13.1. The minimum absolute atomic E-state index is 0.0158. The Labute approximate surface area is 110 Å². The molecule has 0 aliphatic carbocycles. The van der Waals surface area contributed by atoms with E-state index in [1.807, 2.05) is 0 Å². The number of halogens is 1. The molecule has 6 heteroatoms. The average Bonchev–Trinajstić information content (AvgIpc) is 2.36. The van der Waals surface area contributed by atoms with Gasteiger partial charge >= 0.3 is 0 Å². The molecule has 0 atom stereocenters. The first kappa shape index (κ1) is 13.8. The number of nitrogens with two attached hydrogens (primary N) is 1. The van der Waals surface area contributed by atoms with Crippen molar-refractivity contribution in [1.82, 2.24) is 0 Å². The first-order chi connectivity index (χ1) is 9.06. The number of rotatable bonds is 5. The van der Waals surface area contributed by atoms with Gasteiger partial charge in [-0.2, -0.15) is 0 Å². The van der Waals surface area contributed by atoms with Crippen LogP contribution in [0.5, 0.6) is 0 Å². The molecule has 0 unspecified atom stereocenters. The zero-order valence-electron chi connectivity index (χ0n) is 10.7. The molecule has 1 aliphatic heterocycles. The van der Waals surface area contributed by atoms with E-state index in [0.29, 0.717) is 24.3 Å². The lowest BCUT2D eigenvalue weighted by Crippen LogP contribution is -2.48. The first-order valence-corrected chi connectivity index (χ1v) is 5.97. The summed E-state index contributed by atoms with van der Waals surface area (Å²) in [6.07, 6.45) is 0. The number of benzene rings is 1. The van der Waals surface area contributed by atoms with Gasteiger partial charge in [-0.3, -0.25) is 0 Å². The Morgan fingerprint density at radius 1 is 1.58 bits per heavy atom. The van der Waals surface area contributed by atoms with Crippen molar-refractivity contribution >= 4 is 5.84 Å². The third kappa shape index (κ3) is 3.02. The molecule has 104 valence electrons. The quantitative estimate of drug-likeness (QED) is 0.470. The standard InChI is InChI=1S/C13H17FN2O3/c1-9-4-10(2-3-11(9)14)12(15)16-19-8-13(5-17)6-18-7-13/h2-4,17H,5-8H2,1H3,(H2,15,16). The van der Waals surface area contributed by atoms with Gasteiger partial charge in [-0.15, -0.1) is 0 Å². The molecule has 1 aromatic rings. The van der Waals surface area contributed by atoms with E-state index in [2.05, 4.69) is 5.16 Å². The van der Waals surface area contributed by atoms with Crippen LogP contribution in [-0.2, 0) is 9.57 Å². The Balaban J connectivity index is 1.96. The molecule has 5 nitrogen and oxygen atoms in total. The highest BCUT2D eigenvalue weighted by atomic mass is 19.1. The van der Waals surface area contributed by atoms with Crippen LogP contribution in [0.4, 0.5) is 4.39 Å². The molecule has 3 N–H and O–H groups in total. The fourth-order valence-corrected chi connectivity index (χ4v) is 1.71. The van der Waals surface area contributed by atoms with Crippen LogP contribution in [-0.4, -0.2) is 37.4 Å². The summed E-state index contributed by atoms with van der Waals surface area (Å²) < 4.78 is 18.2. The van der Waals surface area contributed by atoms with E-state index in [1.54, 1.807) is 19.1 Å². The molecular formula is C13H17FN2O3. The van der Waals surface area contributed by atoms with Crippen molar-refractivity contribution in [2.75, 3.05) is 26.4 Å². The number of hydrogen-bond donors (Lipinski definition) is 2. The summed E-state index contributed by atoms with van der Waals surface area (Å²) in [5, 5.41) is 13.0. The van der Waals surface area contributed by atoms with Crippen LogP contribution in [0.15, 0.2) is 23.4 Å². The summed E-state index contributed by atoms with van der Waals surface area (Å²) in [5.41, 5.74) is 6.47. The highest BCUT2D eigenvalue weighted by Crippen LogP contribution is 2.26. The molecule has 0 saturated carbocycles. The number of nitrogens with zero attached hydrogens (tertiary/aromatic N) is 1. The fourth-order valence-electron chi connectivity index (χ4n) is 1.71. The molecule has 0 amide bonds. The zero-order valence-corrected chi connectivity index (χ0v) is 10.7. The lowest BCUT2D eigenvalue weighted by Gasteiger charge is -2.38. The lowest BCUT2D eigenvalue weighted by atomic mass is 9.88. The van der Waals surface area contributed by atoms with Crippen LogP contribution in [0.25, 0.3) is 0 Å². The Morgan fingerprint density at radius 3 is 2.84 bits per heavy atom. The molecule has 1 fully saturated rings. The van der Waals surface area contributed by atoms with Gasteiger partial charge in [-0.05, 0) is 30.7 Å². The molecule has 0 aromatic heterocycles. The minimum atomic E-state index is -0.373. The Bertz CT molecular complexity index is 481. The minimum Gasteiger partial charge on any atom is -0.395 e. The molecule has 2 rings (SSSR count). The fraction of sp³-hybridized carbons (Fsp3) is 0.462. The Kier molecular flexibility index (Phi) is 4.01. The SMILES string of the molecule is Cc1cc(/C(N)=N/OCC2(CO)COC2)ccc1F. The summed E-state index contributed by atoms with van der Waals surface area (Å²) in [7, 11) is 0. The van der Waals surface area contributed by atoms with Crippen molar-refractivity contribution < 1.29 is 19.1 Å². The van der Waals surface area contributed by atoms with Crippen molar-refractivity contribution in [3.05, 3.63) is 35.1 Å². The third-order valence-corrected chi connectivity index (χ3v) is 3.14. The molecule has 0 radical (unpaired) electrons. The maximum absolute atomic E-state index is 13.1. The lowest BCUT2D eigenvalue weighted by molar-refractivity contribution is -0.168. The maximum Gasteiger partial charge on any atom is 0.170 e. The summed E-state index contributed by atoms with van der Waals surface area (Å²) in [4.78, 5) is 5.15. The van der Waals surface area contributed by atoms with E-state index >= 15 is 0 Å². The monoisotopic (exact) mass is 268 g/mol. The van der Waals surface area contributed by atoms with E-state index in [9.17, 15) is 9.50 Å². The van der Waals surface area contributed by atoms with Gasteiger partial charge in [0, 0.05) is 5.56 Å². The summed E-state index contributed by atoms with van der Waals surface area (Å²) >= 11 is 0. The molecule has 0 spiro atoms. The van der Waals surface area contributed by atoms with Crippen molar-refractivity contribution in [3.63, 3.8) is 0 Å². The van der Waals surface area contributed by atoms with Gasteiger partial charge in [-0.25, -0.2) is 4.39 Å². The molecule has 1 heterocycles. The summed E-state index contributed by atoms with van der Waals surface area (Å²) in [6.45, 7) is 2.78. The average molecular weight is 268 g/mol. The van der Waals surface area contributed by atoms with Crippen molar-refractivity contribution in [1.29, 1.82) is 0 Å². The van der Waals surface area contributed by atoms with Gasteiger partial charge in [0.2, 0.25) is 0 Å². The van der Waals surface area contributed by atoms with Gasteiger partial charge in [0.15, 0.2) is 5.84 Å². The van der Waals surface area contributed by atoms with Gasteiger partial charge in [0.05, 0.1) is 25.2 Å². The number of aryl methyl sites for hydroxylation is 1. The molecule has 1 saturated heterocycles. The number of ether oxygens (including phenoxy) is 1. The highest BCUT2D eigenvalue weighted by molar-refractivity contribution is 5.97. The van der Waals surface area contributed by atoms with Gasteiger partial charge in [0.1, 0.15) is 12.4 Å². The second-order valence-corrected chi connectivity index (χ2v) is 4.86. The van der Waals surface area contributed by atoms with Crippen LogP contribution in [0.2, 0.25) is 0 Å². The Morgan fingerprint density at radius 2 is 2.32 bits per heavy atom. The summed E-state index contributed by atoms with van der Waals surface area (Å²) in [5.74, 6) is -0.111. The second-order valence-electron chi connectivity index (χ2n) is 4.86. The predicted molar refractivity (Wildman–Crippen MR) is 68.2 cm³/mol. The Hall–Kier alpha value is -1.66. The number of hydrogen-bond acceptors (Lipinski definition) is 4. The van der Waals surface area contributed by atoms with Crippen LogP contribution < -0.4 is 5.73 Å². The number of amidine groups is 1. The van der Waals surface area contributed by atoms with Crippen LogP contribution >= 0.6 is 0 Å². The van der Waals surface area contributed by atoms with E-state index < -0.39 is 0 Å².